The van der Waals surface area contributed by atoms with Gasteiger partial charge < -0.3 is 4.57 Å². The van der Waals surface area contributed by atoms with Crippen LogP contribution in [0.2, 0.25) is 0 Å². The molecule has 1 aromatic carbocycles. The Morgan fingerprint density at radius 2 is 1.78 bits per heavy atom. The number of nitro benzene ring substituents is 1. The molecule has 0 bridgehead atoms. The first kappa shape index (κ1) is 12.4. The van der Waals surface area contributed by atoms with Gasteiger partial charge in [-0.1, -0.05) is 26.8 Å². The number of nitro groups is 1. The minimum Gasteiger partial charge on any atom is -0.318 e. The zero-order chi connectivity index (χ0) is 13.3. The average Bonchev–Trinajstić information content (AvgIpc) is 2.80. The molecule has 2 aromatic rings. The highest BCUT2D eigenvalue weighted by Gasteiger charge is 2.21. The van der Waals surface area contributed by atoms with E-state index in [-0.39, 0.29) is 16.0 Å². The molecule has 0 aliphatic carbocycles. The van der Waals surface area contributed by atoms with Crippen LogP contribution in [-0.2, 0) is 5.41 Å². The second-order valence-electron chi connectivity index (χ2n) is 5.30. The summed E-state index contributed by atoms with van der Waals surface area (Å²) in [5.74, 6) is 0. The number of benzene rings is 1. The molecule has 4 nitrogen and oxygen atoms in total. The number of rotatable bonds is 2. The summed E-state index contributed by atoms with van der Waals surface area (Å²) in [6.07, 6.45) is 3.61. The van der Waals surface area contributed by atoms with E-state index in [2.05, 4.69) is 0 Å². The quantitative estimate of drug-likeness (QED) is 0.597. The summed E-state index contributed by atoms with van der Waals surface area (Å²) in [5, 5.41) is 11.2. The lowest BCUT2D eigenvalue weighted by Gasteiger charge is -2.19. The van der Waals surface area contributed by atoms with Crippen LogP contribution in [0.4, 0.5) is 5.69 Å². The fourth-order valence-electron chi connectivity index (χ4n) is 1.85. The lowest BCUT2D eigenvalue weighted by molar-refractivity contribution is -0.384. The molecule has 0 fully saturated rings. The molecule has 1 heterocycles. The standard InChI is InChI=1S/C14H16N2O2/c1-14(2,3)11-6-7-12(13(10-11)16(17)18)15-8-4-5-9-15/h4-10H,1-3H3. The second kappa shape index (κ2) is 4.29. The lowest BCUT2D eigenvalue weighted by Crippen LogP contribution is -2.12. The Labute approximate surface area is 106 Å². The Kier molecular flexibility index (Phi) is 2.95. The molecule has 2 rings (SSSR count). The van der Waals surface area contributed by atoms with Gasteiger partial charge in [-0.25, -0.2) is 0 Å². The van der Waals surface area contributed by atoms with Crippen LogP contribution in [-0.4, -0.2) is 9.49 Å². The zero-order valence-electron chi connectivity index (χ0n) is 10.8. The van der Waals surface area contributed by atoms with Crippen molar-refractivity contribution in [2.24, 2.45) is 0 Å². The van der Waals surface area contributed by atoms with Crippen molar-refractivity contribution in [1.82, 2.24) is 4.57 Å². The van der Waals surface area contributed by atoms with E-state index < -0.39 is 0 Å². The van der Waals surface area contributed by atoms with Crippen LogP contribution in [0, 0.1) is 10.1 Å². The molecular weight excluding hydrogens is 228 g/mol. The van der Waals surface area contributed by atoms with Crippen molar-refractivity contribution >= 4 is 5.69 Å². The minimum absolute atomic E-state index is 0.0972. The van der Waals surface area contributed by atoms with Gasteiger partial charge in [-0.05, 0) is 29.2 Å². The molecular formula is C14H16N2O2. The summed E-state index contributed by atoms with van der Waals surface area (Å²) in [5.41, 5.74) is 1.60. The largest absolute Gasteiger partial charge is 0.318 e. The number of hydrogen-bond donors (Lipinski definition) is 0. The fourth-order valence-corrected chi connectivity index (χ4v) is 1.85. The van der Waals surface area contributed by atoms with E-state index in [9.17, 15) is 10.1 Å². The Hall–Kier alpha value is -2.10. The van der Waals surface area contributed by atoms with Crippen molar-refractivity contribution in [3.05, 3.63) is 58.4 Å². The summed E-state index contributed by atoms with van der Waals surface area (Å²) in [4.78, 5) is 10.9. The van der Waals surface area contributed by atoms with E-state index in [1.807, 2.05) is 39.0 Å². The van der Waals surface area contributed by atoms with E-state index >= 15 is 0 Å². The Morgan fingerprint density at radius 3 is 2.28 bits per heavy atom. The first-order valence-electron chi connectivity index (χ1n) is 5.82. The van der Waals surface area contributed by atoms with E-state index in [1.54, 1.807) is 29.1 Å². The molecule has 1 aromatic heterocycles. The van der Waals surface area contributed by atoms with Gasteiger partial charge in [0, 0.05) is 18.5 Å². The van der Waals surface area contributed by atoms with Gasteiger partial charge in [-0.15, -0.1) is 0 Å². The first-order chi connectivity index (χ1) is 8.39. The summed E-state index contributed by atoms with van der Waals surface area (Å²) >= 11 is 0. The normalized spacial score (nSPS) is 11.5. The summed E-state index contributed by atoms with van der Waals surface area (Å²) < 4.78 is 1.75. The predicted octanol–water partition coefficient (Wildman–Crippen LogP) is 3.68. The van der Waals surface area contributed by atoms with Crippen LogP contribution in [0.15, 0.2) is 42.7 Å². The molecule has 0 saturated heterocycles. The first-order valence-corrected chi connectivity index (χ1v) is 5.82. The Bertz CT molecular complexity index is 566. The monoisotopic (exact) mass is 244 g/mol. The van der Waals surface area contributed by atoms with Gasteiger partial charge in [0.1, 0.15) is 5.69 Å². The second-order valence-corrected chi connectivity index (χ2v) is 5.30. The van der Waals surface area contributed by atoms with Crippen LogP contribution in [0.5, 0.6) is 0 Å². The van der Waals surface area contributed by atoms with E-state index in [0.717, 1.165) is 5.56 Å². The van der Waals surface area contributed by atoms with E-state index in [4.69, 9.17) is 0 Å². The Balaban J connectivity index is 2.59. The van der Waals surface area contributed by atoms with Crippen LogP contribution >= 0.6 is 0 Å². The van der Waals surface area contributed by atoms with Gasteiger partial charge in [0.25, 0.3) is 5.69 Å². The molecule has 0 spiro atoms. The third-order valence-corrected chi connectivity index (χ3v) is 2.92. The molecule has 4 heteroatoms. The van der Waals surface area contributed by atoms with Crippen LogP contribution in [0.25, 0.3) is 5.69 Å². The maximum Gasteiger partial charge on any atom is 0.293 e. The van der Waals surface area contributed by atoms with E-state index in [0.29, 0.717) is 5.69 Å². The minimum atomic E-state index is -0.329. The van der Waals surface area contributed by atoms with Crippen molar-refractivity contribution in [3.8, 4) is 5.69 Å². The summed E-state index contributed by atoms with van der Waals surface area (Å²) in [6, 6.07) is 9.11. The highest BCUT2D eigenvalue weighted by atomic mass is 16.6. The molecule has 0 atom stereocenters. The maximum atomic E-state index is 11.2. The highest BCUT2D eigenvalue weighted by molar-refractivity contribution is 5.55. The number of nitrogens with zero attached hydrogens (tertiary/aromatic N) is 2. The van der Waals surface area contributed by atoms with Gasteiger partial charge in [-0.3, -0.25) is 10.1 Å². The molecule has 18 heavy (non-hydrogen) atoms. The van der Waals surface area contributed by atoms with Crippen molar-refractivity contribution in [1.29, 1.82) is 0 Å². The number of hydrogen-bond acceptors (Lipinski definition) is 2. The molecule has 0 N–H and O–H groups in total. The molecule has 0 saturated carbocycles. The van der Waals surface area contributed by atoms with Crippen molar-refractivity contribution in [2.75, 3.05) is 0 Å². The molecule has 0 aliphatic heterocycles. The fraction of sp³-hybridized carbons (Fsp3) is 0.286. The van der Waals surface area contributed by atoms with Crippen LogP contribution < -0.4 is 0 Å². The van der Waals surface area contributed by atoms with Gasteiger partial charge in [-0.2, -0.15) is 0 Å². The zero-order valence-corrected chi connectivity index (χ0v) is 10.8. The predicted molar refractivity (Wildman–Crippen MR) is 71.1 cm³/mol. The smallest absolute Gasteiger partial charge is 0.293 e. The van der Waals surface area contributed by atoms with E-state index in [1.165, 1.54) is 0 Å². The molecule has 94 valence electrons. The van der Waals surface area contributed by atoms with Gasteiger partial charge >= 0.3 is 0 Å². The molecule has 0 radical (unpaired) electrons. The van der Waals surface area contributed by atoms with Crippen molar-refractivity contribution in [2.45, 2.75) is 26.2 Å². The van der Waals surface area contributed by atoms with Gasteiger partial charge in [0.2, 0.25) is 0 Å². The third-order valence-electron chi connectivity index (χ3n) is 2.92. The topological polar surface area (TPSA) is 48.1 Å². The van der Waals surface area contributed by atoms with Crippen molar-refractivity contribution < 1.29 is 4.92 Å². The molecule has 0 amide bonds. The summed E-state index contributed by atoms with van der Waals surface area (Å²) in [7, 11) is 0. The lowest BCUT2D eigenvalue weighted by atomic mass is 9.86. The molecule has 0 unspecified atom stereocenters. The third kappa shape index (κ3) is 2.27. The highest BCUT2D eigenvalue weighted by Crippen LogP contribution is 2.30. The van der Waals surface area contributed by atoms with Crippen molar-refractivity contribution in [3.63, 3.8) is 0 Å². The van der Waals surface area contributed by atoms with Crippen LogP contribution in [0.3, 0.4) is 0 Å². The van der Waals surface area contributed by atoms with Gasteiger partial charge in [0.15, 0.2) is 0 Å². The molecule has 0 aliphatic rings. The number of aromatic nitrogens is 1. The summed E-state index contributed by atoms with van der Waals surface area (Å²) in [6.45, 7) is 6.13. The Morgan fingerprint density at radius 1 is 1.17 bits per heavy atom. The SMILES string of the molecule is CC(C)(C)c1ccc(-n2cccc2)c([N+](=O)[O-])c1. The average molecular weight is 244 g/mol. The maximum absolute atomic E-state index is 11.2. The van der Waals surface area contributed by atoms with Gasteiger partial charge in [0.05, 0.1) is 4.92 Å². The van der Waals surface area contributed by atoms with Crippen LogP contribution in [0.1, 0.15) is 26.3 Å².